The minimum Gasteiger partial charge on any atom is -0.494 e. The summed E-state index contributed by atoms with van der Waals surface area (Å²) in [6.45, 7) is 6.65. The summed E-state index contributed by atoms with van der Waals surface area (Å²) in [7, 11) is 0. The maximum atomic E-state index is 12.5. The lowest BCUT2D eigenvalue weighted by atomic mass is 10.0. The summed E-state index contributed by atoms with van der Waals surface area (Å²) < 4.78 is 6.86. The number of ether oxygens (including phenoxy) is 1. The lowest BCUT2D eigenvalue weighted by molar-refractivity contribution is -0.119. The van der Waals surface area contributed by atoms with E-state index in [2.05, 4.69) is 46.7 Å². The van der Waals surface area contributed by atoms with Crippen LogP contribution in [0.15, 0.2) is 53.7 Å². The van der Waals surface area contributed by atoms with Crippen LogP contribution in [0.3, 0.4) is 0 Å². The van der Waals surface area contributed by atoms with Crippen molar-refractivity contribution >= 4 is 17.7 Å². The van der Waals surface area contributed by atoms with Gasteiger partial charge in [0.05, 0.1) is 18.4 Å². The fraction of sp³-hybridized carbons (Fsp3) is 0.318. The van der Waals surface area contributed by atoms with Gasteiger partial charge in [0.15, 0.2) is 5.82 Å². The van der Waals surface area contributed by atoms with Crippen LogP contribution in [0.25, 0.3) is 11.4 Å². The van der Waals surface area contributed by atoms with Gasteiger partial charge in [0.25, 0.3) is 0 Å². The van der Waals surface area contributed by atoms with Gasteiger partial charge in [-0.05, 0) is 50.1 Å². The molecule has 0 aliphatic heterocycles. The topological polar surface area (TPSA) is 95.1 Å². The van der Waals surface area contributed by atoms with Gasteiger partial charge in [0, 0.05) is 5.56 Å². The molecule has 0 radical (unpaired) electrons. The molecule has 0 saturated carbocycles. The van der Waals surface area contributed by atoms with E-state index in [4.69, 9.17) is 10.6 Å². The van der Waals surface area contributed by atoms with Crippen LogP contribution >= 0.6 is 11.8 Å². The van der Waals surface area contributed by atoms with Gasteiger partial charge in [-0.25, -0.2) is 4.68 Å². The Balaban J connectivity index is 1.60. The molecular weight excluding hydrogens is 398 g/mol. The molecule has 3 aromatic rings. The van der Waals surface area contributed by atoms with E-state index in [1.54, 1.807) is 0 Å². The average molecular weight is 426 g/mol. The maximum Gasteiger partial charge on any atom is 0.230 e. The molecule has 3 rings (SSSR count). The molecule has 0 aliphatic rings. The molecule has 1 aromatic heterocycles. The maximum absolute atomic E-state index is 12.5. The third kappa shape index (κ3) is 5.33. The Kier molecular flexibility index (Phi) is 7.35. The molecule has 1 atom stereocenters. The summed E-state index contributed by atoms with van der Waals surface area (Å²) in [6.07, 6.45) is 0.814. The highest BCUT2D eigenvalue weighted by Gasteiger charge is 2.16. The molecule has 158 valence electrons. The van der Waals surface area contributed by atoms with E-state index in [0.717, 1.165) is 23.3 Å². The van der Waals surface area contributed by atoms with E-state index >= 15 is 0 Å². The second-order valence-corrected chi connectivity index (χ2v) is 7.80. The van der Waals surface area contributed by atoms with Crippen LogP contribution in [0.2, 0.25) is 0 Å². The first-order chi connectivity index (χ1) is 14.5. The summed E-state index contributed by atoms with van der Waals surface area (Å²) >= 11 is 1.26. The van der Waals surface area contributed by atoms with E-state index in [1.165, 1.54) is 22.0 Å². The molecule has 2 aromatic carbocycles. The first kappa shape index (κ1) is 21.7. The Morgan fingerprint density at radius 2 is 1.83 bits per heavy atom. The number of nitrogens with two attached hydrogens (primary N) is 1. The summed E-state index contributed by atoms with van der Waals surface area (Å²) in [6, 6.07) is 15.7. The molecule has 8 heteroatoms. The van der Waals surface area contributed by atoms with Crippen molar-refractivity contribution in [2.75, 3.05) is 18.2 Å². The Hall–Kier alpha value is -3.00. The number of amides is 1. The van der Waals surface area contributed by atoms with Crippen LogP contribution in [0, 0.1) is 6.92 Å². The molecule has 7 nitrogen and oxygen atoms in total. The minimum absolute atomic E-state index is 0.0196. The van der Waals surface area contributed by atoms with E-state index in [-0.39, 0.29) is 17.7 Å². The van der Waals surface area contributed by atoms with E-state index in [0.29, 0.717) is 17.6 Å². The van der Waals surface area contributed by atoms with Crippen molar-refractivity contribution in [1.29, 1.82) is 0 Å². The molecule has 1 amide bonds. The third-order valence-corrected chi connectivity index (χ3v) is 5.59. The SMILES string of the molecule is CCOc1ccc(-c2nnc(SCC(=O)N[C@H](CC)c3ccc(C)cc3)n2N)cc1. The molecule has 0 saturated heterocycles. The lowest BCUT2D eigenvalue weighted by Crippen LogP contribution is -2.29. The number of carbonyl (C=O) groups excluding carboxylic acids is 1. The Morgan fingerprint density at radius 1 is 1.13 bits per heavy atom. The Labute approximate surface area is 181 Å². The zero-order valence-corrected chi connectivity index (χ0v) is 18.3. The highest BCUT2D eigenvalue weighted by molar-refractivity contribution is 7.99. The van der Waals surface area contributed by atoms with Gasteiger partial charge in [-0.15, -0.1) is 10.2 Å². The number of benzene rings is 2. The lowest BCUT2D eigenvalue weighted by Gasteiger charge is -2.17. The van der Waals surface area contributed by atoms with Crippen molar-refractivity contribution in [1.82, 2.24) is 20.2 Å². The number of rotatable bonds is 9. The number of nitrogens with one attached hydrogen (secondary N) is 1. The quantitative estimate of drug-likeness (QED) is 0.401. The van der Waals surface area contributed by atoms with Crippen LogP contribution in [0.1, 0.15) is 37.4 Å². The molecule has 0 aliphatic carbocycles. The number of aryl methyl sites for hydroxylation is 1. The van der Waals surface area contributed by atoms with Gasteiger partial charge in [-0.2, -0.15) is 0 Å². The first-order valence-electron chi connectivity index (χ1n) is 9.94. The highest BCUT2D eigenvalue weighted by atomic mass is 32.2. The predicted octanol–water partition coefficient (Wildman–Crippen LogP) is 3.73. The van der Waals surface area contributed by atoms with Gasteiger partial charge in [0.2, 0.25) is 11.1 Å². The zero-order chi connectivity index (χ0) is 21.5. The van der Waals surface area contributed by atoms with E-state index < -0.39 is 0 Å². The fourth-order valence-electron chi connectivity index (χ4n) is 3.03. The Morgan fingerprint density at radius 3 is 2.47 bits per heavy atom. The van der Waals surface area contributed by atoms with Crippen LogP contribution in [0.5, 0.6) is 5.75 Å². The smallest absolute Gasteiger partial charge is 0.230 e. The Bertz CT molecular complexity index is 970. The summed E-state index contributed by atoms with van der Waals surface area (Å²) in [5.74, 6) is 7.62. The van der Waals surface area contributed by atoms with Crippen molar-refractivity contribution in [2.24, 2.45) is 0 Å². The number of aromatic nitrogens is 3. The van der Waals surface area contributed by atoms with Crippen LogP contribution < -0.4 is 15.9 Å². The van der Waals surface area contributed by atoms with Gasteiger partial charge < -0.3 is 15.9 Å². The van der Waals surface area contributed by atoms with Crippen molar-refractivity contribution in [2.45, 2.75) is 38.4 Å². The van der Waals surface area contributed by atoms with Crippen molar-refractivity contribution in [3.05, 3.63) is 59.7 Å². The van der Waals surface area contributed by atoms with Crippen molar-refractivity contribution in [3.63, 3.8) is 0 Å². The monoisotopic (exact) mass is 425 g/mol. The van der Waals surface area contributed by atoms with Gasteiger partial charge in [-0.1, -0.05) is 48.5 Å². The molecule has 3 N–H and O–H groups in total. The van der Waals surface area contributed by atoms with E-state index in [1.807, 2.05) is 38.1 Å². The molecule has 0 unspecified atom stereocenters. The summed E-state index contributed by atoms with van der Waals surface area (Å²) in [5, 5.41) is 11.9. The fourth-order valence-corrected chi connectivity index (χ4v) is 3.69. The number of nitrogens with zero attached hydrogens (tertiary/aromatic N) is 3. The number of hydrogen-bond acceptors (Lipinski definition) is 6. The molecule has 0 bridgehead atoms. The second kappa shape index (κ2) is 10.2. The van der Waals surface area contributed by atoms with Gasteiger partial charge >= 0.3 is 0 Å². The predicted molar refractivity (Wildman–Crippen MR) is 120 cm³/mol. The minimum atomic E-state index is -0.0713. The van der Waals surface area contributed by atoms with Crippen LogP contribution in [0.4, 0.5) is 0 Å². The number of thioether (sulfide) groups is 1. The zero-order valence-electron chi connectivity index (χ0n) is 17.5. The third-order valence-electron chi connectivity index (χ3n) is 4.64. The normalized spacial score (nSPS) is 11.8. The molecule has 30 heavy (non-hydrogen) atoms. The average Bonchev–Trinajstić information content (AvgIpc) is 3.12. The molecule has 0 fully saturated rings. The van der Waals surface area contributed by atoms with Crippen molar-refractivity contribution in [3.8, 4) is 17.1 Å². The number of nitrogen functional groups attached to an aromatic ring is 1. The summed E-state index contributed by atoms with van der Waals surface area (Å²) in [4.78, 5) is 12.5. The molecular formula is C22H27N5O2S. The van der Waals surface area contributed by atoms with Crippen LogP contribution in [-0.4, -0.2) is 33.1 Å². The number of hydrogen-bond donors (Lipinski definition) is 2. The second-order valence-electron chi connectivity index (χ2n) is 6.86. The largest absolute Gasteiger partial charge is 0.494 e. The first-order valence-corrected chi connectivity index (χ1v) is 10.9. The van der Waals surface area contributed by atoms with Gasteiger partial charge in [0.1, 0.15) is 5.75 Å². The van der Waals surface area contributed by atoms with E-state index in [9.17, 15) is 4.79 Å². The molecule has 1 heterocycles. The standard InChI is InChI=1S/C22H27N5O2S/c1-4-19(16-8-6-15(3)7-9-16)24-20(28)14-30-22-26-25-21(27(22)23)17-10-12-18(13-11-17)29-5-2/h6-13,19H,4-5,14,23H2,1-3H3,(H,24,28)/t19-/m1/s1. The molecule has 0 spiro atoms. The van der Waals surface area contributed by atoms with Gasteiger partial charge in [-0.3, -0.25) is 4.79 Å². The highest BCUT2D eigenvalue weighted by Crippen LogP contribution is 2.24. The number of carbonyl (C=O) groups is 1. The van der Waals surface area contributed by atoms with Crippen molar-refractivity contribution < 1.29 is 9.53 Å². The summed E-state index contributed by atoms with van der Waals surface area (Å²) in [5.41, 5.74) is 3.12. The van der Waals surface area contributed by atoms with Crippen LogP contribution in [-0.2, 0) is 4.79 Å².